The fraction of sp³-hybridized carbons (Fsp3) is 0.318. The minimum atomic E-state index is -4.45. The van der Waals surface area contributed by atoms with Crippen LogP contribution >= 0.6 is 15.9 Å². The van der Waals surface area contributed by atoms with Gasteiger partial charge in [0.15, 0.2) is 0 Å². The van der Waals surface area contributed by atoms with Crippen molar-refractivity contribution >= 4 is 26.8 Å². The predicted molar refractivity (Wildman–Crippen MR) is 114 cm³/mol. The van der Waals surface area contributed by atoms with Crippen LogP contribution in [-0.4, -0.2) is 24.5 Å². The van der Waals surface area contributed by atoms with E-state index in [-0.39, 0.29) is 10.8 Å². The molecule has 0 aliphatic heterocycles. The number of halogens is 4. The lowest BCUT2D eigenvalue weighted by molar-refractivity contribution is -0.136. The molecule has 2 aromatic carbocycles. The Hall–Kier alpha value is -2.68. The molecule has 1 aliphatic carbocycles. The van der Waals surface area contributed by atoms with Gasteiger partial charge in [-0.05, 0) is 42.7 Å². The highest BCUT2D eigenvalue weighted by atomic mass is 79.9. The molecule has 0 bridgehead atoms. The van der Waals surface area contributed by atoms with Crippen molar-refractivity contribution in [2.45, 2.75) is 37.3 Å². The summed E-state index contributed by atoms with van der Waals surface area (Å²) in [6.07, 6.45) is 2.69. The maximum absolute atomic E-state index is 13.5. The Labute approximate surface area is 185 Å². The SMILES string of the molecule is Cn1cnnc1CC1(c2cccc(-n3cc4c(C(F)(F)F)cc(Br)cc4n3)c2)CCC1. The largest absolute Gasteiger partial charge is 0.417 e. The number of hydrogen-bond acceptors (Lipinski definition) is 3. The lowest BCUT2D eigenvalue weighted by atomic mass is 9.62. The highest BCUT2D eigenvalue weighted by Crippen LogP contribution is 2.46. The number of rotatable bonds is 4. The van der Waals surface area contributed by atoms with Crippen molar-refractivity contribution in [3.8, 4) is 5.69 Å². The van der Waals surface area contributed by atoms with Crippen molar-refractivity contribution < 1.29 is 13.2 Å². The second kappa shape index (κ2) is 7.19. The molecule has 0 spiro atoms. The van der Waals surface area contributed by atoms with Gasteiger partial charge in [-0.3, -0.25) is 0 Å². The molecule has 0 N–H and O–H groups in total. The Morgan fingerprint density at radius 2 is 1.97 bits per heavy atom. The van der Waals surface area contributed by atoms with Crippen molar-refractivity contribution in [3.63, 3.8) is 0 Å². The van der Waals surface area contributed by atoms with Gasteiger partial charge in [0, 0.05) is 34.9 Å². The Morgan fingerprint density at radius 3 is 2.61 bits per heavy atom. The van der Waals surface area contributed by atoms with Gasteiger partial charge in [-0.15, -0.1) is 10.2 Å². The third-order valence-corrected chi connectivity index (χ3v) is 6.69. The van der Waals surface area contributed by atoms with Crippen molar-refractivity contribution in [2.24, 2.45) is 7.05 Å². The highest BCUT2D eigenvalue weighted by molar-refractivity contribution is 9.10. The van der Waals surface area contributed by atoms with Gasteiger partial charge in [0.25, 0.3) is 0 Å². The van der Waals surface area contributed by atoms with Gasteiger partial charge < -0.3 is 4.57 Å². The van der Waals surface area contributed by atoms with E-state index in [1.807, 2.05) is 29.8 Å². The molecule has 4 aromatic rings. The van der Waals surface area contributed by atoms with Gasteiger partial charge in [0.1, 0.15) is 12.2 Å². The molecule has 1 aliphatic rings. The second-order valence-electron chi connectivity index (χ2n) is 8.18. The monoisotopic (exact) mass is 489 g/mol. The van der Waals surface area contributed by atoms with E-state index >= 15 is 0 Å². The topological polar surface area (TPSA) is 48.5 Å². The molecule has 9 heteroatoms. The minimum Gasteiger partial charge on any atom is -0.321 e. The Morgan fingerprint density at radius 1 is 1.16 bits per heavy atom. The maximum atomic E-state index is 13.5. The number of benzene rings is 2. The van der Waals surface area contributed by atoms with Crippen LogP contribution in [-0.2, 0) is 25.1 Å². The molecule has 160 valence electrons. The van der Waals surface area contributed by atoms with Gasteiger partial charge in [-0.2, -0.15) is 18.3 Å². The highest BCUT2D eigenvalue weighted by Gasteiger charge is 2.40. The summed E-state index contributed by atoms with van der Waals surface area (Å²) < 4.78 is 44.4. The van der Waals surface area contributed by atoms with E-state index in [1.54, 1.807) is 12.4 Å². The van der Waals surface area contributed by atoms with E-state index in [0.29, 0.717) is 9.99 Å². The summed E-state index contributed by atoms with van der Waals surface area (Å²) in [6, 6.07) is 10.6. The molecule has 0 amide bonds. The zero-order valence-electron chi connectivity index (χ0n) is 16.7. The van der Waals surface area contributed by atoms with Crippen LogP contribution in [0.1, 0.15) is 36.2 Å². The van der Waals surface area contributed by atoms with Crippen molar-refractivity contribution in [3.05, 3.63) is 70.3 Å². The number of fused-ring (bicyclic) bond motifs is 1. The molecule has 1 saturated carbocycles. The smallest absolute Gasteiger partial charge is 0.321 e. The van der Waals surface area contributed by atoms with Crippen molar-refractivity contribution in [1.82, 2.24) is 24.5 Å². The van der Waals surface area contributed by atoms with Crippen molar-refractivity contribution in [1.29, 1.82) is 0 Å². The summed E-state index contributed by atoms with van der Waals surface area (Å²) in [5.74, 6) is 0.926. The van der Waals surface area contributed by atoms with Crippen LogP contribution in [0.15, 0.2) is 53.4 Å². The quantitative estimate of drug-likeness (QED) is 0.374. The number of aryl methyl sites for hydroxylation is 1. The first kappa shape index (κ1) is 20.2. The minimum absolute atomic E-state index is 0.0382. The molecule has 1 fully saturated rings. The first-order valence-electron chi connectivity index (χ1n) is 9.95. The molecular formula is C22H19BrF3N5. The van der Waals surface area contributed by atoms with Crippen molar-refractivity contribution in [2.75, 3.05) is 0 Å². The molecule has 0 atom stereocenters. The standard InChI is InChI=1S/C22H19BrF3N5/c1-30-13-27-28-20(30)11-21(6-3-7-21)14-4-2-5-16(8-14)31-12-17-18(22(24,25)26)9-15(23)10-19(17)29-31/h2,4-5,8-10,12-13H,3,6-7,11H2,1H3. The Balaban J connectivity index is 1.56. The van der Waals surface area contributed by atoms with Gasteiger partial charge in [0.05, 0.1) is 16.8 Å². The molecule has 31 heavy (non-hydrogen) atoms. The summed E-state index contributed by atoms with van der Waals surface area (Å²) in [5.41, 5.74) is 1.45. The van der Waals surface area contributed by atoms with Gasteiger partial charge in [0.2, 0.25) is 0 Å². The van der Waals surface area contributed by atoms with Crippen LogP contribution in [0, 0.1) is 0 Å². The Kier molecular flexibility index (Phi) is 4.69. The molecule has 5 rings (SSSR count). The Bertz CT molecular complexity index is 1270. The van der Waals surface area contributed by atoms with Crippen LogP contribution in [0.25, 0.3) is 16.6 Å². The zero-order chi connectivity index (χ0) is 21.8. The summed E-state index contributed by atoms with van der Waals surface area (Å²) in [6.45, 7) is 0. The van der Waals surface area contributed by atoms with Crippen LogP contribution in [0.3, 0.4) is 0 Å². The fourth-order valence-electron chi connectivity index (χ4n) is 4.38. The summed E-state index contributed by atoms with van der Waals surface area (Å²) >= 11 is 3.17. The normalized spacial score (nSPS) is 15.9. The fourth-order valence-corrected chi connectivity index (χ4v) is 4.82. The first-order valence-corrected chi connectivity index (χ1v) is 10.7. The third kappa shape index (κ3) is 3.54. The number of alkyl halides is 3. The van der Waals surface area contributed by atoms with Gasteiger partial charge >= 0.3 is 6.18 Å². The van der Waals surface area contributed by atoms with Crippen LogP contribution in [0.5, 0.6) is 0 Å². The van der Waals surface area contributed by atoms with E-state index < -0.39 is 11.7 Å². The number of aromatic nitrogens is 5. The second-order valence-corrected chi connectivity index (χ2v) is 9.09. The molecule has 2 aromatic heterocycles. The van der Waals surface area contributed by atoms with Crippen LogP contribution in [0.4, 0.5) is 13.2 Å². The molecule has 0 radical (unpaired) electrons. The lowest BCUT2D eigenvalue weighted by Crippen LogP contribution is -2.37. The van der Waals surface area contributed by atoms with Crippen LogP contribution < -0.4 is 0 Å². The number of hydrogen-bond donors (Lipinski definition) is 0. The molecule has 2 heterocycles. The first-order chi connectivity index (χ1) is 14.7. The average molecular weight is 490 g/mol. The van der Waals surface area contributed by atoms with Gasteiger partial charge in [-0.1, -0.05) is 34.5 Å². The van der Waals surface area contributed by atoms with E-state index in [4.69, 9.17) is 0 Å². The molecule has 0 unspecified atom stereocenters. The number of nitrogens with zero attached hydrogens (tertiary/aromatic N) is 5. The third-order valence-electron chi connectivity index (χ3n) is 6.23. The predicted octanol–water partition coefficient (Wildman–Crippen LogP) is 5.60. The molecular weight excluding hydrogens is 471 g/mol. The lowest BCUT2D eigenvalue weighted by Gasteiger charge is -2.42. The zero-order valence-corrected chi connectivity index (χ0v) is 18.3. The molecule has 0 saturated heterocycles. The average Bonchev–Trinajstić information content (AvgIpc) is 3.29. The van der Waals surface area contributed by atoms with E-state index in [1.165, 1.54) is 10.9 Å². The summed E-state index contributed by atoms with van der Waals surface area (Å²) in [4.78, 5) is 0. The summed E-state index contributed by atoms with van der Waals surface area (Å²) in [7, 11) is 1.93. The van der Waals surface area contributed by atoms with Crippen LogP contribution in [0.2, 0.25) is 0 Å². The van der Waals surface area contributed by atoms with E-state index in [2.05, 4.69) is 37.3 Å². The molecule has 5 nitrogen and oxygen atoms in total. The van der Waals surface area contributed by atoms with E-state index in [9.17, 15) is 13.2 Å². The van der Waals surface area contributed by atoms with E-state index in [0.717, 1.165) is 48.8 Å². The summed E-state index contributed by atoms with van der Waals surface area (Å²) in [5, 5.41) is 12.7. The maximum Gasteiger partial charge on any atom is 0.417 e. The van der Waals surface area contributed by atoms with Gasteiger partial charge in [-0.25, -0.2) is 4.68 Å².